The molecule has 4 aromatic carbocycles. The van der Waals surface area contributed by atoms with Gasteiger partial charge in [0.05, 0.1) is 7.11 Å². The molecule has 0 saturated heterocycles. The molecule has 6 heteroatoms. The van der Waals surface area contributed by atoms with E-state index >= 15 is 0 Å². The SMILES string of the molecule is COc1ccc(C(=O)N/C(=C/c2cccc3ccccc23)C(=O)Nc2cccc(O)c2)cc1. The number of hydrogen-bond donors (Lipinski definition) is 3. The molecule has 6 nitrogen and oxygen atoms in total. The first-order chi connectivity index (χ1) is 16.0. The van der Waals surface area contributed by atoms with Gasteiger partial charge in [0.1, 0.15) is 17.2 Å². The molecule has 164 valence electrons. The zero-order valence-electron chi connectivity index (χ0n) is 17.9. The van der Waals surface area contributed by atoms with Crippen LogP contribution < -0.4 is 15.4 Å². The molecular formula is C27H22N2O4. The van der Waals surface area contributed by atoms with Crippen molar-refractivity contribution in [2.45, 2.75) is 0 Å². The Bertz CT molecular complexity index is 1340. The van der Waals surface area contributed by atoms with Crippen molar-refractivity contribution in [3.05, 3.63) is 108 Å². The smallest absolute Gasteiger partial charge is 0.272 e. The van der Waals surface area contributed by atoms with E-state index in [-0.39, 0.29) is 11.4 Å². The van der Waals surface area contributed by atoms with Gasteiger partial charge < -0.3 is 20.5 Å². The van der Waals surface area contributed by atoms with E-state index in [2.05, 4.69) is 10.6 Å². The summed E-state index contributed by atoms with van der Waals surface area (Å²) in [5.74, 6) is -0.306. The van der Waals surface area contributed by atoms with E-state index in [9.17, 15) is 14.7 Å². The first-order valence-electron chi connectivity index (χ1n) is 10.3. The van der Waals surface area contributed by atoms with Crippen molar-refractivity contribution in [2.24, 2.45) is 0 Å². The summed E-state index contributed by atoms with van der Waals surface area (Å²) in [5.41, 5.74) is 1.63. The van der Waals surface area contributed by atoms with Gasteiger partial charge in [0.25, 0.3) is 11.8 Å². The maximum atomic E-state index is 13.1. The van der Waals surface area contributed by atoms with E-state index in [0.717, 1.165) is 16.3 Å². The Balaban J connectivity index is 1.69. The molecule has 0 unspecified atom stereocenters. The molecule has 0 heterocycles. The fourth-order valence-corrected chi connectivity index (χ4v) is 3.41. The Morgan fingerprint density at radius 2 is 1.61 bits per heavy atom. The number of hydrogen-bond acceptors (Lipinski definition) is 4. The predicted octanol–water partition coefficient (Wildman–Crippen LogP) is 4.96. The minimum atomic E-state index is -0.518. The summed E-state index contributed by atoms with van der Waals surface area (Å²) >= 11 is 0. The number of phenolic OH excluding ortho intramolecular Hbond substituents is 1. The fraction of sp³-hybridized carbons (Fsp3) is 0.0370. The average molecular weight is 438 g/mol. The number of carbonyl (C=O) groups excluding carboxylic acids is 2. The van der Waals surface area contributed by atoms with Crippen molar-refractivity contribution in [1.82, 2.24) is 5.32 Å². The van der Waals surface area contributed by atoms with Gasteiger partial charge in [-0.25, -0.2) is 0 Å². The number of ether oxygens (including phenoxy) is 1. The van der Waals surface area contributed by atoms with E-state index in [1.165, 1.54) is 12.1 Å². The summed E-state index contributed by atoms with van der Waals surface area (Å²) in [6, 6.07) is 26.4. The monoisotopic (exact) mass is 438 g/mol. The molecule has 0 fully saturated rings. The molecule has 0 atom stereocenters. The summed E-state index contributed by atoms with van der Waals surface area (Å²) in [6.07, 6.45) is 1.64. The lowest BCUT2D eigenvalue weighted by Gasteiger charge is -2.12. The van der Waals surface area contributed by atoms with Gasteiger partial charge in [0, 0.05) is 17.3 Å². The Morgan fingerprint density at radius 1 is 0.879 bits per heavy atom. The summed E-state index contributed by atoms with van der Waals surface area (Å²) in [6.45, 7) is 0. The van der Waals surface area contributed by atoms with E-state index < -0.39 is 11.8 Å². The topological polar surface area (TPSA) is 87.7 Å². The van der Waals surface area contributed by atoms with Gasteiger partial charge in [0.2, 0.25) is 0 Å². The van der Waals surface area contributed by atoms with E-state index in [4.69, 9.17) is 4.74 Å². The van der Waals surface area contributed by atoms with Crippen LogP contribution in [-0.4, -0.2) is 24.0 Å². The molecule has 4 aromatic rings. The highest BCUT2D eigenvalue weighted by atomic mass is 16.5. The average Bonchev–Trinajstić information content (AvgIpc) is 2.84. The molecule has 0 aromatic heterocycles. The predicted molar refractivity (Wildman–Crippen MR) is 129 cm³/mol. The van der Waals surface area contributed by atoms with Gasteiger partial charge in [-0.1, -0.05) is 48.5 Å². The van der Waals surface area contributed by atoms with Gasteiger partial charge in [-0.3, -0.25) is 9.59 Å². The molecule has 4 rings (SSSR count). The molecule has 0 radical (unpaired) electrons. The molecule has 0 spiro atoms. The zero-order valence-corrected chi connectivity index (χ0v) is 17.9. The third-order valence-electron chi connectivity index (χ3n) is 5.07. The Kier molecular flexibility index (Phi) is 6.36. The number of aromatic hydroxyl groups is 1. The number of phenols is 1. The number of nitrogens with one attached hydrogen (secondary N) is 2. The maximum absolute atomic E-state index is 13.1. The molecule has 0 saturated carbocycles. The van der Waals surface area contributed by atoms with Gasteiger partial charge in [-0.15, -0.1) is 0 Å². The molecular weight excluding hydrogens is 416 g/mol. The summed E-state index contributed by atoms with van der Waals surface area (Å²) in [5, 5.41) is 17.1. The van der Waals surface area contributed by atoms with Crippen LogP contribution >= 0.6 is 0 Å². The number of amides is 2. The van der Waals surface area contributed by atoms with Crippen LogP contribution in [0.2, 0.25) is 0 Å². The van der Waals surface area contributed by atoms with Crippen molar-refractivity contribution in [2.75, 3.05) is 12.4 Å². The minimum Gasteiger partial charge on any atom is -0.508 e. The first kappa shape index (κ1) is 21.6. The van der Waals surface area contributed by atoms with Gasteiger partial charge >= 0.3 is 0 Å². The Labute approximate surface area is 191 Å². The van der Waals surface area contributed by atoms with Crippen LogP contribution in [0.15, 0.2) is 96.7 Å². The third-order valence-corrected chi connectivity index (χ3v) is 5.07. The van der Waals surface area contributed by atoms with Crippen molar-refractivity contribution in [3.8, 4) is 11.5 Å². The molecule has 33 heavy (non-hydrogen) atoms. The van der Waals surface area contributed by atoms with Crippen LogP contribution in [0.5, 0.6) is 11.5 Å². The highest BCUT2D eigenvalue weighted by Gasteiger charge is 2.16. The van der Waals surface area contributed by atoms with Crippen molar-refractivity contribution < 1.29 is 19.4 Å². The van der Waals surface area contributed by atoms with Crippen molar-refractivity contribution in [3.63, 3.8) is 0 Å². The van der Waals surface area contributed by atoms with Crippen LogP contribution in [0.1, 0.15) is 15.9 Å². The van der Waals surface area contributed by atoms with Crippen LogP contribution in [-0.2, 0) is 4.79 Å². The zero-order chi connectivity index (χ0) is 23.2. The lowest BCUT2D eigenvalue weighted by atomic mass is 10.0. The highest BCUT2D eigenvalue weighted by molar-refractivity contribution is 6.11. The molecule has 0 aliphatic carbocycles. The number of benzene rings is 4. The first-order valence-corrected chi connectivity index (χ1v) is 10.3. The van der Waals surface area contributed by atoms with Crippen molar-refractivity contribution >= 4 is 34.4 Å². The maximum Gasteiger partial charge on any atom is 0.272 e. The largest absolute Gasteiger partial charge is 0.508 e. The number of carbonyl (C=O) groups is 2. The third kappa shape index (κ3) is 5.19. The van der Waals surface area contributed by atoms with Gasteiger partial charge in [0.15, 0.2) is 0 Å². The fourth-order valence-electron chi connectivity index (χ4n) is 3.41. The van der Waals surface area contributed by atoms with Gasteiger partial charge in [-0.05, 0) is 58.8 Å². The molecule has 0 aliphatic rings. The van der Waals surface area contributed by atoms with Gasteiger partial charge in [-0.2, -0.15) is 0 Å². The second kappa shape index (κ2) is 9.70. The second-order valence-corrected chi connectivity index (χ2v) is 7.31. The molecule has 0 bridgehead atoms. The summed E-state index contributed by atoms with van der Waals surface area (Å²) in [4.78, 5) is 26.0. The Morgan fingerprint density at radius 3 is 2.36 bits per heavy atom. The lowest BCUT2D eigenvalue weighted by molar-refractivity contribution is -0.113. The second-order valence-electron chi connectivity index (χ2n) is 7.31. The normalized spacial score (nSPS) is 11.1. The quantitative estimate of drug-likeness (QED) is 0.371. The number of rotatable bonds is 6. The lowest BCUT2D eigenvalue weighted by Crippen LogP contribution is -2.30. The number of fused-ring (bicyclic) bond motifs is 1. The van der Waals surface area contributed by atoms with Crippen LogP contribution in [0, 0.1) is 0 Å². The van der Waals surface area contributed by atoms with Crippen molar-refractivity contribution in [1.29, 1.82) is 0 Å². The van der Waals surface area contributed by atoms with Crippen LogP contribution in [0.4, 0.5) is 5.69 Å². The van der Waals surface area contributed by atoms with E-state index in [1.54, 1.807) is 49.6 Å². The van der Waals surface area contributed by atoms with E-state index in [0.29, 0.717) is 17.0 Å². The highest BCUT2D eigenvalue weighted by Crippen LogP contribution is 2.22. The molecule has 3 N–H and O–H groups in total. The van der Waals surface area contributed by atoms with E-state index in [1.807, 2.05) is 42.5 Å². The summed E-state index contributed by atoms with van der Waals surface area (Å²) < 4.78 is 5.14. The summed E-state index contributed by atoms with van der Waals surface area (Å²) in [7, 11) is 1.55. The number of methoxy groups -OCH3 is 1. The van der Waals surface area contributed by atoms with Crippen LogP contribution in [0.3, 0.4) is 0 Å². The number of anilines is 1. The standard InChI is InChI=1S/C27H22N2O4/c1-33-23-14-12-19(13-15-23)26(31)29-25(27(32)28-21-9-5-10-22(30)17-21)16-20-8-4-7-18-6-2-3-11-24(18)20/h2-17,30H,1H3,(H,28,32)(H,29,31)/b25-16+. The Hall–Kier alpha value is -4.58. The molecule has 2 amide bonds. The molecule has 0 aliphatic heterocycles. The minimum absolute atomic E-state index is 0.0228. The van der Waals surface area contributed by atoms with Crippen LogP contribution in [0.25, 0.3) is 16.8 Å².